The molecular weight excluding hydrogens is 618 g/mol. The number of sulfonamides is 1. The average Bonchev–Trinajstić information content (AvgIpc) is 3.69. The summed E-state index contributed by atoms with van der Waals surface area (Å²) in [7, 11) is -4.69. The van der Waals surface area contributed by atoms with Crippen molar-refractivity contribution in [1.29, 1.82) is 0 Å². The van der Waals surface area contributed by atoms with Crippen molar-refractivity contribution in [1.82, 2.24) is 14.8 Å². The van der Waals surface area contributed by atoms with E-state index in [9.17, 15) is 31.9 Å². The van der Waals surface area contributed by atoms with Crippen LogP contribution < -0.4 is 14.4 Å². The van der Waals surface area contributed by atoms with Gasteiger partial charge in [0.1, 0.15) is 10.9 Å². The first-order valence-corrected chi connectivity index (χ1v) is 15.8. The minimum atomic E-state index is -4.69. The van der Waals surface area contributed by atoms with Crippen LogP contribution in [0.2, 0.25) is 4.34 Å². The van der Waals surface area contributed by atoms with Crippen LogP contribution in [0.3, 0.4) is 0 Å². The molecule has 226 valence electrons. The van der Waals surface area contributed by atoms with E-state index in [1.54, 1.807) is 18.2 Å². The van der Waals surface area contributed by atoms with E-state index in [2.05, 4.69) is 14.6 Å². The van der Waals surface area contributed by atoms with E-state index in [0.29, 0.717) is 34.2 Å². The number of alkyl halides is 2. The van der Waals surface area contributed by atoms with Gasteiger partial charge in [-0.2, -0.15) is 13.5 Å². The fourth-order valence-electron chi connectivity index (χ4n) is 4.97. The van der Waals surface area contributed by atoms with Crippen molar-refractivity contribution < 1.29 is 41.2 Å². The highest BCUT2D eigenvalue weighted by molar-refractivity contribution is 7.89. The summed E-state index contributed by atoms with van der Waals surface area (Å²) in [6.45, 7) is -2.98. The predicted octanol–water partition coefficient (Wildman–Crippen LogP) is 3.66. The standard InChI is InChI=1S/C26H27ClF2N4O7S2/c27-22-8-7-20(41-22)19-13-15(30-40-19)12-17(25(36)32-11-9-16(34)14-32)31-42(37,38)21-5-3-4-18(24(21)39-26(28)29)33-10-2-1-6-23(33)35/h3-5,7-8,13,16-17,26,31,34H,1-2,6,9-12,14H2/t16-,17+/m1/s1. The van der Waals surface area contributed by atoms with Crippen LogP contribution in [0, 0.1) is 0 Å². The summed E-state index contributed by atoms with van der Waals surface area (Å²) >= 11 is 7.24. The predicted molar refractivity (Wildman–Crippen MR) is 149 cm³/mol. The second-order valence-corrected chi connectivity index (χ2v) is 13.3. The largest absolute Gasteiger partial charge is 0.431 e. The Morgan fingerprint density at radius 1 is 1.26 bits per heavy atom. The van der Waals surface area contributed by atoms with Crippen molar-refractivity contribution in [2.75, 3.05) is 24.5 Å². The van der Waals surface area contributed by atoms with Gasteiger partial charge in [0.15, 0.2) is 11.5 Å². The molecule has 5 rings (SSSR count). The van der Waals surface area contributed by atoms with Gasteiger partial charge in [-0.25, -0.2) is 8.42 Å². The monoisotopic (exact) mass is 644 g/mol. The van der Waals surface area contributed by atoms with Crippen LogP contribution in [-0.2, 0) is 26.0 Å². The number of β-amino-alcohol motifs (C(OH)–C–C–N with tert-alkyl or cyclic N) is 1. The Bertz CT molecular complexity index is 1570. The molecule has 0 radical (unpaired) electrons. The summed E-state index contributed by atoms with van der Waals surface area (Å²) in [6, 6.07) is 7.21. The van der Waals surface area contributed by atoms with Crippen molar-refractivity contribution in [3.8, 4) is 16.4 Å². The van der Waals surface area contributed by atoms with Crippen LogP contribution in [0.25, 0.3) is 10.6 Å². The van der Waals surface area contributed by atoms with Gasteiger partial charge in [0, 0.05) is 38.5 Å². The van der Waals surface area contributed by atoms with Gasteiger partial charge >= 0.3 is 6.61 Å². The number of para-hydroxylation sites is 1. The molecule has 11 nitrogen and oxygen atoms in total. The summed E-state index contributed by atoms with van der Waals surface area (Å²) in [5, 5.41) is 13.9. The quantitative estimate of drug-likeness (QED) is 0.341. The van der Waals surface area contributed by atoms with Crippen LogP contribution in [-0.4, -0.2) is 73.8 Å². The SMILES string of the molecule is O=C([C@H](Cc1cc(-c2ccc(Cl)s2)on1)NS(=O)(=O)c1cccc(N2CCCCC2=O)c1OC(F)F)N1CC[C@@H](O)C1. The second-order valence-electron chi connectivity index (χ2n) is 9.88. The lowest BCUT2D eigenvalue weighted by Gasteiger charge is -2.29. The maximum atomic E-state index is 13.7. The fourth-order valence-corrected chi connectivity index (χ4v) is 7.30. The highest BCUT2D eigenvalue weighted by atomic mass is 35.5. The number of halogens is 3. The Balaban J connectivity index is 1.48. The zero-order valence-electron chi connectivity index (χ0n) is 22.0. The number of rotatable bonds is 10. The van der Waals surface area contributed by atoms with Crippen molar-refractivity contribution in [2.24, 2.45) is 0 Å². The van der Waals surface area contributed by atoms with E-state index in [1.165, 1.54) is 33.3 Å². The van der Waals surface area contributed by atoms with Crippen LogP contribution in [0.15, 0.2) is 45.8 Å². The molecule has 2 aliphatic rings. The van der Waals surface area contributed by atoms with Gasteiger partial charge in [-0.05, 0) is 43.5 Å². The Morgan fingerprint density at radius 3 is 2.74 bits per heavy atom. The van der Waals surface area contributed by atoms with Gasteiger partial charge in [-0.1, -0.05) is 22.8 Å². The van der Waals surface area contributed by atoms with Gasteiger partial charge in [0.05, 0.1) is 26.7 Å². The second kappa shape index (κ2) is 12.6. The summed E-state index contributed by atoms with van der Waals surface area (Å²) in [4.78, 5) is 28.6. The lowest BCUT2D eigenvalue weighted by molar-refractivity contribution is -0.132. The van der Waals surface area contributed by atoms with Crippen molar-refractivity contribution in [3.63, 3.8) is 0 Å². The van der Waals surface area contributed by atoms with Gasteiger partial charge < -0.3 is 24.2 Å². The molecule has 2 aromatic heterocycles. The molecule has 2 fully saturated rings. The Morgan fingerprint density at radius 2 is 2.07 bits per heavy atom. The number of thiophene rings is 1. The molecule has 16 heteroatoms. The van der Waals surface area contributed by atoms with Gasteiger partial charge in [-0.15, -0.1) is 11.3 Å². The summed E-state index contributed by atoms with van der Waals surface area (Å²) in [5.74, 6) is -1.33. The molecular formula is C26H27ClF2N4O7S2. The molecule has 0 spiro atoms. The van der Waals surface area contributed by atoms with Crippen LogP contribution >= 0.6 is 22.9 Å². The van der Waals surface area contributed by atoms with Crippen molar-refractivity contribution in [2.45, 2.75) is 55.8 Å². The van der Waals surface area contributed by atoms with E-state index < -0.39 is 45.3 Å². The van der Waals surface area contributed by atoms with E-state index in [0.717, 1.165) is 6.07 Å². The number of hydrogen-bond acceptors (Lipinski definition) is 9. The smallest absolute Gasteiger partial charge is 0.387 e. The van der Waals surface area contributed by atoms with Gasteiger partial charge in [-0.3, -0.25) is 9.59 Å². The third-order valence-corrected chi connectivity index (χ3v) is 9.67. The lowest BCUT2D eigenvalue weighted by Crippen LogP contribution is -2.49. The lowest BCUT2D eigenvalue weighted by atomic mass is 10.1. The molecule has 4 heterocycles. The molecule has 2 atom stereocenters. The fraction of sp³-hybridized carbons (Fsp3) is 0.423. The number of carbonyl (C=O) groups excluding carboxylic acids is 2. The zero-order chi connectivity index (χ0) is 30.0. The highest BCUT2D eigenvalue weighted by Gasteiger charge is 2.36. The first-order valence-electron chi connectivity index (χ1n) is 13.1. The molecule has 2 N–H and O–H groups in total. The molecule has 0 unspecified atom stereocenters. The molecule has 42 heavy (non-hydrogen) atoms. The number of likely N-dealkylation sites (tertiary alicyclic amines) is 1. The first-order chi connectivity index (χ1) is 20.0. The number of anilines is 1. The number of amides is 2. The summed E-state index contributed by atoms with van der Waals surface area (Å²) in [6.07, 6.45) is 0.708. The molecule has 3 aromatic rings. The number of nitrogens with one attached hydrogen (secondary N) is 1. The number of piperidine rings is 1. The number of aliphatic hydroxyl groups excluding tert-OH is 1. The zero-order valence-corrected chi connectivity index (χ0v) is 24.4. The minimum Gasteiger partial charge on any atom is -0.431 e. The maximum absolute atomic E-state index is 13.7. The Kier molecular flexibility index (Phi) is 9.13. The molecule has 2 amide bonds. The molecule has 2 saturated heterocycles. The molecule has 1 aromatic carbocycles. The average molecular weight is 645 g/mol. The minimum absolute atomic E-state index is 0.00111. The number of aromatic nitrogens is 1. The van der Waals surface area contributed by atoms with E-state index in [1.807, 2.05) is 0 Å². The van der Waals surface area contributed by atoms with Crippen LogP contribution in [0.5, 0.6) is 5.75 Å². The highest BCUT2D eigenvalue weighted by Crippen LogP contribution is 2.38. The normalized spacial score (nSPS) is 18.6. The van der Waals surface area contributed by atoms with Crippen LogP contribution in [0.4, 0.5) is 14.5 Å². The van der Waals surface area contributed by atoms with E-state index in [-0.39, 0.29) is 49.8 Å². The summed E-state index contributed by atoms with van der Waals surface area (Å²) in [5.41, 5.74) is 0.135. The molecule has 0 aliphatic carbocycles. The van der Waals surface area contributed by atoms with E-state index >= 15 is 0 Å². The Labute approximate surface area is 249 Å². The number of carbonyl (C=O) groups is 2. The number of benzene rings is 1. The third kappa shape index (κ3) is 6.75. The number of nitrogens with zero attached hydrogens (tertiary/aromatic N) is 3. The van der Waals surface area contributed by atoms with Gasteiger partial charge in [0.2, 0.25) is 21.8 Å². The van der Waals surface area contributed by atoms with Gasteiger partial charge in [0.25, 0.3) is 0 Å². The molecule has 0 bridgehead atoms. The summed E-state index contributed by atoms with van der Waals surface area (Å²) < 4.78 is 67.5. The Hall–Kier alpha value is -3.11. The van der Waals surface area contributed by atoms with Crippen molar-refractivity contribution >= 4 is 50.5 Å². The van der Waals surface area contributed by atoms with E-state index in [4.69, 9.17) is 16.1 Å². The first kappa shape index (κ1) is 30.4. The molecule has 2 aliphatic heterocycles. The number of aliphatic hydroxyl groups is 1. The number of ether oxygens (including phenoxy) is 1. The number of hydrogen-bond donors (Lipinski definition) is 2. The van der Waals surface area contributed by atoms with Crippen LogP contribution in [0.1, 0.15) is 31.4 Å². The van der Waals surface area contributed by atoms with Crippen molar-refractivity contribution in [3.05, 3.63) is 46.4 Å². The maximum Gasteiger partial charge on any atom is 0.387 e. The molecule has 0 saturated carbocycles. The third-order valence-electron chi connectivity index (χ3n) is 6.93. The topological polar surface area (TPSA) is 142 Å².